The first kappa shape index (κ1) is 17.5. The first-order valence-electron chi connectivity index (χ1n) is 7.49. The fraction of sp³-hybridized carbons (Fsp3) is 0.176. The van der Waals surface area contributed by atoms with Gasteiger partial charge in [0.2, 0.25) is 5.91 Å². The zero-order valence-corrected chi connectivity index (χ0v) is 13.5. The number of carbonyl (C=O) groups is 2. The van der Waals surface area contributed by atoms with E-state index in [4.69, 9.17) is 0 Å². The highest BCUT2D eigenvalue weighted by molar-refractivity contribution is 6.02. The number of hydrogen-bond acceptors (Lipinski definition) is 6. The first-order chi connectivity index (χ1) is 12.4. The Balaban J connectivity index is 1.62. The molecule has 0 saturated carbocycles. The van der Waals surface area contributed by atoms with Crippen LogP contribution in [0.5, 0.6) is 11.5 Å². The summed E-state index contributed by atoms with van der Waals surface area (Å²) in [6, 6.07) is 10.5. The number of nitrogens with one attached hydrogen (secondary N) is 2. The molecule has 0 aliphatic carbocycles. The molecular weight excluding hydrogens is 350 g/mol. The van der Waals surface area contributed by atoms with Gasteiger partial charge in [0.05, 0.1) is 24.9 Å². The molecule has 0 fully saturated rings. The normalized spacial score (nSPS) is 13.8. The van der Waals surface area contributed by atoms with E-state index in [-0.39, 0.29) is 23.6 Å². The number of esters is 1. The van der Waals surface area contributed by atoms with Gasteiger partial charge in [-0.3, -0.25) is 4.79 Å². The second-order valence-corrected chi connectivity index (χ2v) is 5.27. The number of fused-ring (bicyclic) bond motifs is 1. The molecule has 7 nitrogen and oxygen atoms in total. The Kier molecular flexibility index (Phi) is 4.61. The monoisotopic (exact) mass is 364 g/mol. The van der Waals surface area contributed by atoms with E-state index in [1.54, 1.807) is 18.2 Å². The molecule has 26 heavy (non-hydrogen) atoms. The number of carbonyl (C=O) groups excluding carboxylic acids is 2. The van der Waals surface area contributed by atoms with Crippen LogP contribution in [0.15, 0.2) is 42.5 Å². The van der Waals surface area contributed by atoms with Gasteiger partial charge >= 0.3 is 12.3 Å². The number of amides is 1. The fourth-order valence-electron chi connectivity index (χ4n) is 2.32. The molecule has 136 valence electrons. The van der Waals surface area contributed by atoms with Crippen molar-refractivity contribution in [3.05, 3.63) is 48.0 Å². The van der Waals surface area contributed by atoms with Gasteiger partial charge in [-0.15, -0.1) is 8.78 Å². The maximum atomic E-state index is 13.0. The third-order valence-corrected chi connectivity index (χ3v) is 3.46. The second-order valence-electron chi connectivity index (χ2n) is 5.27. The SMILES string of the molecule is COC(=O)c1ccccc1NC(=O)CNc1ccc2c(c1)OC(F)(F)O2. The highest BCUT2D eigenvalue weighted by Gasteiger charge is 2.43. The van der Waals surface area contributed by atoms with Gasteiger partial charge in [0.15, 0.2) is 11.5 Å². The van der Waals surface area contributed by atoms with Gasteiger partial charge in [-0.1, -0.05) is 12.1 Å². The average molecular weight is 364 g/mol. The first-order valence-corrected chi connectivity index (χ1v) is 7.49. The molecule has 0 unspecified atom stereocenters. The Bertz CT molecular complexity index is 857. The molecule has 1 aliphatic heterocycles. The van der Waals surface area contributed by atoms with Crippen LogP contribution < -0.4 is 20.1 Å². The van der Waals surface area contributed by atoms with Crippen LogP contribution in [0.1, 0.15) is 10.4 Å². The van der Waals surface area contributed by atoms with Crippen molar-refractivity contribution in [1.29, 1.82) is 0 Å². The molecular formula is C17H14F2N2O5. The molecule has 2 aromatic carbocycles. The standard InChI is InChI=1S/C17H14F2N2O5/c1-24-16(23)11-4-2-3-5-12(11)21-15(22)9-20-10-6-7-13-14(8-10)26-17(18,19)25-13/h2-8,20H,9H2,1H3,(H,21,22). The van der Waals surface area contributed by atoms with E-state index < -0.39 is 18.2 Å². The average Bonchev–Trinajstić information content (AvgIpc) is 2.92. The Morgan fingerprint density at radius 3 is 2.62 bits per heavy atom. The highest BCUT2D eigenvalue weighted by Crippen LogP contribution is 2.42. The number of hydrogen-bond donors (Lipinski definition) is 2. The number of rotatable bonds is 5. The molecule has 0 bridgehead atoms. The summed E-state index contributed by atoms with van der Waals surface area (Å²) < 4.78 is 39.3. The summed E-state index contributed by atoms with van der Waals surface area (Å²) in [5.74, 6) is -1.23. The predicted octanol–water partition coefficient (Wildman–Crippen LogP) is 2.85. The number of methoxy groups -OCH3 is 1. The smallest absolute Gasteiger partial charge is 0.465 e. The molecule has 1 aliphatic rings. The Morgan fingerprint density at radius 1 is 1.12 bits per heavy atom. The van der Waals surface area contributed by atoms with Crippen LogP contribution in [-0.4, -0.2) is 31.8 Å². The van der Waals surface area contributed by atoms with E-state index in [1.807, 2.05) is 0 Å². The number of para-hydroxylation sites is 1. The van der Waals surface area contributed by atoms with Crippen LogP contribution in [0.25, 0.3) is 0 Å². The summed E-state index contributed by atoms with van der Waals surface area (Å²) >= 11 is 0. The van der Waals surface area contributed by atoms with Crippen LogP contribution in [0.3, 0.4) is 0 Å². The summed E-state index contributed by atoms with van der Waals surface area (Å²) in [5, 5.41) is 5.36. The van der Waals surface area contributed by atoms with Crippen LogP contribution in [0.4, 0.5) is 20.2 Å². The van der Waals surface area contributed by atoms with E-state index in [0.717, 1.165) is 0 Å². The van der Waals surface area contributed by atoms with Gasteiger partial charge in [-0.2, -0.15) is 0 Å². The molecule has 2 aromatic rings. The molecule has 0 saturated heterocycles. The molecule has 0 radical (unpaired) electrons. The molecule has 0 aromatic heterocycles. The molecule has 9 heteroatoms. The molecule has 0 atom stereocenters. The summed E-state index contributed by atoms with van der Waals surface area (Å²) in [7, 11) is 1.24. The van der Waals surface area contributed by atoms with Crippen molar-refractivity contribution in [3.8, 4) is 11.5 Å². The van der Waals surface area contributed by atoms with Crippen LogP contribution in [-0.2, 0) is 9.53 Å². The summed E-state index contributed by atoms with van der Waals surface area (Å²) in [5.41, 5.74) is 0.909. The molecule has 1 heterocycles. The van der Waals surface area contributed by atoms with Gasteiger partial charge in [-0.05, 0) is 24.3 Å². The number of anilines is 2. The maximum Gasteiger partial charge on any atom is 0.586 e. The minimum atomic E-state index is -3.70. The van der Waals surface area contributed by atoms with Gasteiger partial charge in [0.25, 0.3) is 0 Å². The maximum absolute atomic E-state index is 13.0. The van der Waals surface area contributed by atoms with Crippen molar-refractivity contribution >= 4 is 23.3 Å². The lowest BCUT2D eigenvalue weighted by atomic mass is 10.2. The quantitative estimate of drug-likeness (QED) is 0.794. The van der Waals surface area contributed by atoms with Crippen molar-refractivity contribution in [2.24, 2.45) is 0 Å². The van der Waals surface area contributed by atoms with Gasteiger partial charge in [0.1, 0.15) is 0 Å². The van der Waals surface area contributed by atoms with Gasteiger partial charge < -0.3 is 24.8 Å². The third kappa shape index (κ3) is 3.82. The Morgan fingerprint density at radius 2 is 1.85 bits per heavy atom. The number of alkyl halides is 2. The largest absolute Gasteiger partial charge is 0.586 e. The lowest BCUT2D eigenvalue weighted by Crippen LogP contribution is -2.26. The minimum Gasteiger partial charge on any atom is -0.465 e. The molecule has 3 rings (SSSR count). The Labute approximate surface area is 146 Å². The topological polar surface area (TPSA) is 85.9 Å². The van der Waals surface area contributed by atoms with Crippen molar-refractivity contribution in [3.63, 3.8) is 0 Å². The third-order valence-electron chi connectivity index (χ3n) is 3.46. The summed E-state index contributed by atoms with van der Waals surface area (Å²) in [6.45, 7) is -0.161. The number of halogens is 2. The summed E-state index contributed by atoms with van der Waals surface area (Å²) in [6.07, 6.45) is -3.70. The van der Waals surface area contributed by atoms with Crippen molar-refractivity contribution in [2.75, 3.05) is 24.3 Å². The van der Waals surface area contributed by atoms with Crippen LogP contribution >= 0.6 is 0 Å². The van der Waals surface area contributed by atoms with Crippen LogP contribution in [0, 0.1) is 0 Å². The predicted molar refractivity (Wildman–Crippen MR) is 87.5 cm³/mol. The van der Waals surface area contributed by atoms with Crippen LogP contribution in [0.2, 0.25) is 0 Å². The van der Waals surface area contributed by atoms with E-state index in [1.165, 1.54) is 31.4 Å². The van der Waals surface area contributed by atoms with E-state index >= 15 is 0 Å². The second kappa shape index (κ2) is 6.87. The highest BCUT2D eigenvalue weighted by atomic mass is 19.3. The number of ether oxygens (including phenoxy) is 3. The molecule has 0 spiro atoms. The van der Waals surface area contributed by atoms with Crippen molar-refractivity contribution in [1.82, 2.24) is 0 Å². The minimum absolute atomic E-state index is 0.0861. The van der Waals surface area contributed by atoms with Crippen molar-refractivity contribution in [2.45, 2.75) is 6.29 Å². The Hall–Kier alpha value is -3.36. The van der Waals surface area contributed by atoms with Gasteiger partial charge in [0, 0.05) is 11.8 Å². The lowest BCUT2D eigenvalue weighted by molar-refractivity contribution is -0.286. The van der Waals surface area contributed by atoms with E-state index in [2.05, 4.69) is 24.8 Å². The van der Waals surface area contributed by atoms with E-state index in [9.17, 15) is 18.4 Å². The lowest BCUT2D eigenvalue weighted by Gasteiger charge is -2.11. The molecule has 2 N–H and O–H groups in total. The fourth-order valence-corrected chi connectivity index (χ4v) is 2.32. The van der Waals surface area contributed by atoms with Crippen molar-refractivity contribution < 1.29 is 32.6 Å². The molecule has 1 amide bonds. The van der Waals surface area contributed by atoms with Gasteiger partial charge in [-0.25, -0.2) is 4.79 Å². The zero-order chi connectivity index (χ0) is 18.7. The summed E-state index contributed by atoms with van der Waals surface area (Å²) in [4.78, 5) is 23.8. The zero-order valence-electron chi connectivity index (χ0n) is 13.5. The number of benzene rings is 2. The van der Waals surface area contributed by atoms with E-state index in [0.29, 0.717) is 11.4 Å².